The summed E-state index contributed by atoms with van der Waals surface area (Å²) < 4.78 is 5.25. The fourth-order valence-corrected chi connectivity index (χ4v) is 3.10. The van der Waals surface area contributed by atoms with Gasteiger partial charge in [0, 0.05) is 24.8 Å². The molecular weight excluding hydrogens is 290 g/mol. The number of H-pyrrole nitrogens is 1. The van der Waals surface area contributed by atoms with E-state index in [9.17, 15) is 9.59 Å². The minimum atomic E-state index is -0.275. The zero-order chi connectivity index (χ0) is 15.2. The topological polar surface area (TPSA) is 75.3 Å². The van der Waals surface area contributed by atoms with E-state index in [1.165, 1.54) is 17.8 Å². The molecule has 116 valence electrons. The van der Waals surface area contributed by atoms with Crippen molar-refractivity contribution in [2.24, 2.45) is 0 Å². The van der Waals surface area contributed by atoms with Crippen LogP contribution >= 0.6 is 11.8 Å². The Bertz CT molecular complexity index is 541. The van der Waals surface area contributed by atoms with Gasteiger partial charge in [0.1, 0.15) is 0 Å². The predicted octanol–water partition coefficient (Wildman–Crippen LogP) is 1.06. The molecule has 2 heterocycles. The van der Waals surface area contributed by atoms with E-state index in [2.05, 4.69) is 9.97 Å². The lowest BCUT2D eigenvalue weighted by Gasteiger charge is -2.28. The quantitative estimate of drug-likeness (QED) is 0.650. The van der Waals surface area contributed by atoms with E-state index in [1.54, 1.807) is 4.90 Å². The van der Waals surface area contributed by atoms with Gasteiger partial charge in [-0.1, -0.05) is 25.1 Å². The number of aryl methyl sites for hydroxylation is 1. The number of rotatable bonds is 5. The molecule has 1 aliphatic heterocycles. The van der Waals surface area contributed by atoms with Crippen molar-refractivity contribution in [2.45, 2.75) is 37.1 Å². The van der Waals surface area contributed by atoms with Crippen LogP contribution in [0.2, 0.25) is 0 Å². The molecule has 1 saturated heterocycles. The Hall–Kier alpha value is -1.34. The normalized spacial score (nSPS) is 16.8. The van der Waals surface area contributed by atoms with Crippen LogP contribution in [-0.4, -0.2) is 52.3 Å². The van der Waals surface area contributed by atoms with E-state index < -0.39 is 0 Å². The number of carbonyl (C=O) groups excluding carboxylic acids is 1. The highest BCUT2D eigenvalue weighted by atomic mass is 32.2. The number of aromatic amines is 1. The summed E-state index contributed by atoms with van der Waals surface area (Å²) in [6.07, 6.45) is 1.70. The van der Waals surface area contributed by atoms with Gasteiger partial charge in [-0.25, -0.2) is 4.98 Å². The van der Waals surface area contributed by atoms with Crippen molar-refractivity contribution in [3.05, 3.63) is 22.1 Å². The third-order valence-electron chi connectivity index (χ3n) is 3.24. The molecule has 0 aromatic carbocycles. The number of thioether (sulfide) groups is 1. The van der Waals surface area contributed by atoms with Crippen molar-refractivity contribution < 1.29 is 9.53 Å². The van der Waals surface area contributed by atoms with Crippen LogP contribution in [0.3, 0.4) is 0 Å². The lowest BCUT2D eigenvalue weighted by molar-refractivity contribution is -0.134. The Labute approximate surface area is 128 Å². The van der Waals surface area contributed by atoms with Gasteiger partial charge in [0.05, 0.1) is 18.5 Å². The van der Waals surface area contributed by atoms with Gasteiger partial charge >= 0.3 is 0 Å². The molecule has 1 aromatic rings. The fourth-order valence-electron chi connectivity index (χ4n) is 2.18. The summed E-state index contributed by atoms with van der Waals surface area (Å²) in [4.78, 5) is 32.8. The first-order chi connectivity index (χ1) is 10.1. The molecule has 2 rings (SSSR count). The standard InChI is InChI=1S/C14H21N3O3S/c1-3-4-11-9-12(18)16-14(15-11)21-10(2)13(19)17-5-7-20-8-6-17/h9-10H,3-8H2,1-2H3,(H,15,16,18). The molecule has 0 spiro atoms. The number of nitrogens with zero attached hydrogens (tertiary/aromatic N) is 2. The number of hydrogen-bond acceptors (Lipinski definition) is 5. The van der Waals surface area contributed by atoms with Crippen molar-refractivity contribution >= 4 is 17.7 Å². The Kier molecular flexibility index (Phi) is 5.81. The van der Waals surface area contributed by atoms with Gasteiger partial charge in [-0.2, -0.15) is 0 Å². The van der Waals surface area contributed by atoms with Crippen molar-refractivity contribution in [2.75, 3.05) is 26.3 Å². The average molecular weight is 311 g/mol. The van der Waals surface area contributed by atoms with Crippen LogP contribution in [0.15, 0.2) is 16.0 Å². The summed E-state index contributed by atoms with van der Waals surface area (Å²) in [6.45, 7) is 6.32. The molecule has 1 amide bonds. The van der Waals surface area contributed by atoms with Crippen LogP contribution in [0.1, 0.15) is 26.0 Å². The first-order valence-electron chi connectivity index (χ1n) is 7.23. The van der Waals surface area contributed by atoms with Crippen molar-refractivity contribution in [3.63, 3.8) is 0 Å². The van der Waals surface area contributed by atoms with Gasteiger partial charge in [0.25, 0.3) is 5.56 Å². The van der Waals surface area contributed by atoms with Crippen LogP contribution in [0.5, 0.6) is 0 Å². The molecule has 0 bridgehead atoms. The maximum Gasteiger partial charge on any atom is 0.251 e. The number of amides is 1. The first-order valence-corrected chi connectivity index (χ1v) is 8.11. The van der Waals surface area contributed by atoms with E-state index in [1.807, 2.05) is 13.8 Å². The maximum atomic E-state index is 12.3. The molecule has 1 atom stereocenters. The smallest absolute Gasteiger partial charge is 0.251 e. The Balaban J connectivity index is 2.02. The number of morpholine rings is 1. The molecule has 1 unspecified atom stereocenters. The lowest BCUT2D eigenvalue weighted by Crippen LogP contribution is -2.44. The molecule has 21 heavy (non-hydrogen) atoms. The monoisotopic (exact) mass is 311 g/mol. The summed E-state index contributed by atoms with van der Waals surface area (Å²) in [7, 11) is 0. The highest BCUT2D eigenvalue weighted by Crippen LogP contribution is 2.21. The second-order valence-corrected chi connectivity index (χ2v) is 6.32. The molecule has 1 aliphatic rings. The molecule has 1 fully saturated rings. The van der Waals surface area contributed by atoms with Gasteiger partial charge in [-0.05, 0) is 13.3 Å². The molecule has 0 radical (unpaired) electrons. The summed E-state index contributed by atoms with van der Waals surface area (Å²) in [5.41, 5.74) is 0.608. The summed E-state index contributed by atoms with van der Waals surface area (Å²) in [6, 6.07) is 1.52. The maximum absolute atomic E-state index is 12.3. The number of nitrogens with one attached hydrogen (secondary N) is 1. The van der Waals surface area contributed by atoms with Gasteiger partial charge in [0.15, 0.2) is 5.16 Å². The van der Waals surface area contributed by atoms with Crippen LogP contribution in [0, 0.1) is 0 Å². The van der Waals surface area contributed by atoms with E-state index in [0.29, 0.717) is 31.5 Å². The van der Waals surface area contributed by atoms with Crippen LogP contribution in [-0.2, 0) is 16.0 Å². The van der Waals surface area contributed by atoms with Crippen LogP contribution < -0.4 is 5.56 Å². The molecule has 6 nitrogen and oxygen atoms in total. The molecule has 0 saturated carbocycles. The molecule has 1 N–H and O–H groups in total. The van der Waals surface area contributed by atoms with Crippen molar-refractivity contribution in [1.82, 2.24) is 14.9 Å². The van der Waals surface area contributed by atoms with Gasteiger partial charge in [-0.15, -0.1) is 0 Å². The molecular formula is C14H21N3O3S. The van der Waals surface area contributed by atoms with Crippen molar-refractivity contribution in [1.29, 1.82) is 0 Å². The number of hydrogen-bond donors (Lipinski definition) is 1. The van der Waals surface area contributed by atoms with Crippen LogP contribution in [0.25, 0.3) is 0 Å². The van der Waals surface area contributed by atoms with Gasteiger partial charge in [-0.3, -0.25) is 9.59 Å². The number of carbonyl (C=O) groups is 1. The largest absolute Gasteiger partial charge is 0.378 e. The third kappa shape index (κ3) is 4.57. The zero-order valence-electron chi connectivity index (χ0n) is 12.4. The van der Waals surface area contributed by atoms with E-state index in [-0.39, 0.29) is 16.7 Å². The molecule has 0 aliphatic carbocycles. The summed E-state index contributed by atoms with van der Waals surface area (Å²) in [5.74, 6) is 0.0619. The third-order valence-corrected chi connectivity index (χ3v) is 4.21. The Morgan fingerprint density at radius 1 is 1.52 bits per heavy atom. The number of aromatic nitrogens is 2. The Morgan fingerprint density at radius 2 is 2.24 bits per heavy atom. The summed E-state index contributed by atoms with van der Waals surface area (Å²) >= 11 is 1.30. The average Bonchev–Trinajstić information content (AvgIpc) is 2.47. The van der Waals surface area contributed by atoms with E-state index in [4.69, 9.17) is 4.74 Å². The first kappa shape index (κ1) is 16.0. The van der Waals surface area contributed by atoms with E-state index in [0.717, 1.165) is 18.5 Å². The number of ether oxygens (including phenoxy) is 1. The second kappa shape index (κ2) is 7.61. The van der Waals surface area contributed by atoms with Gasteiger partial charge in [0.2, 0.25) is 5.91 Å². The van der Waals surface area contributed by atoms with Gasteiger partial charge < -0.3 is 14.6 Å². The highest BCUT2D eigenvalue weighted by molar-refractivity contribution is 8.00. The Morgan fingerprint density at radius 3 is 2.90 bits per heavy atom. The predicted molar refractivity (Wildman–Crippen MR) is 81.6 cm³/mol. The zero-order valence-corrected chi connectivity index (χ0v) is 13.2. The van der Waals surface area contributed by atoms with Crippen molar-refractivity contribution in [3.8, 4) is 0 Å². The fraction of sp³-hybridized carbons (Fsp3) is 0.643. The minimum Gasteiger partial charge on any atom is -0.378 e. The highest BCUT2D eigenvalue weighted by Gasteiger charge is 2.23. The van der Waals surface area contributed by atoms with E-state index >= 15 is 0 Å². The second-order valence-electron chi connectivity index (χ2n) is 4.99. The minimum absolute atomic E-state index is 0.0619. The molecule has 7 heteroatoms. The lowest BCUT2D eigenvalue weighted by atomic mass is 10.2. The molecule has 1 aromatic heterocycles. The summed E-state index contributed by atoms with van der Waals surface area (Å²) in [5, 5.41) is 0.239. The SMILES string of the molecule is CCCc1cc(=O)[nH]c(SC(C)C(=O)N2CCOCC2)n1. The van der Waals surface area contributed by atoms with Crippen LogP contribution in [0.4, 0.5) is 0 Å².